The average Bonchev–Trinajstić information content (AvgIpc) is 3.08. The minimum absolute atomic E-state index is 0.167. The Hall–Kier alpha value is -2.62. The Morgan fingerprint density at radius 3 is 2.48 bits per heavy atom. The fourth-order valence-electron chi connectivity index (χ4n) is 3.16. The Bertz CT molecular complexity index is 849. The zero-order valence-corrected chi connectivity index (χ0v) is 11.3. The number of aryl methyl sites for hydroxylation is 2. The van der Waals surface area contributed by atoms with Crippen LogP contribution in [0.4, 0.5) is 5.88 Å². The summed E-state index contributed by atoms with van der Waals surface area (Å²) in [7, 11) is 0. The van der Waals surface area contributed by atoms with Gasteiger partial charge in [0, 0.05) is 5.39 Å². The first-order chi connectivity index (χ1) is 10.2. The highest BCUT2D eigenvalue weighted by Crippen LogP contribution is 2.41. The number of fused-ring (bicyclic) bond motifs is 2. The van der Waals surface area contributed by atoms with Crippen molar-refractivity contribution in [3.8, 4) is 11.1 Å². The van der Waals surface area contributed by atoms with E-state index in [9.17, 15) is 10.1 Å². The molecule has 0 saturated carbocycles. The Labute approximate surface area is 121 Å². The maximum atomic E-state index is 11.3. The van der Waals surface area contributed by atoms with Crippen LogP contribution in [0, 0.1) is 10.1 Å². The van der Waals surface area contributed by atoms with Gasteiger partial charge in [-0.25, -0.2) is 0 Å². The van der Waals surface area contributed by atoms with Crippen LogP contribution in [0.2, 0.25) is 0 Å². The lowest BCUT2D eigenvalue weighted by Gasteiger charge is -2.00. The predicted octanol–water partition coefficient (Wildman–Crippen LogP) is 4.50. The lowest BCUT2D eigenvalue weighted by molar-refractivity contribution is -0.400. The number of hydrogen-bond acceptors (Lipinski definition) is 3. The topological polar surface area (TPSA) is 56.3 Å². The van der Waals surface area contributed by atoms with Gasteiger partial charge in [0.2, 0.25) is 0 Å². The summed E-state index contributed by atoms with van der Waals surface area (Å²) in [6.45, 7) is 0. The summed E-state index contributed by atoms with van der Waals surface area (Å²) in [5.41, 5.74) is 4.56. The maximum absolute atomic E-state index is 11.3. The van der Waals surface area contributed by atoms with E-state index in [4.69, 9.17) is 4.42 Å². The molecule has 3 aromatic rings. The van der Waals surface area contributed by atoms with Crippen LogP contribution in [0.1, 0.15) is 17.5 Å². The molecule has 0 N–H and O–H groups in total. The lowest BCUT2D eigenvalue weighted by atomic mass is 10.0. The van der Waals surface area contributed by atoms with Gasteiger partial charge in [-0.3, -0.25) is 10.1 Å². The molecule has 21 heavy (non-hydrogen) atoms. The van der Waals surface area contributed by atoms with Gasteiger partial charge in [0.25, 0.3) is 0 Å². The van der Waals surface area contributed by atoms with Crippen molar-refractivity contribution in [3.63, 3.8) is 0 Å². The van der Waals surface area contributed by atoms with E-state index < -0.39 is 4.92 Å². The van der Waals surface area contributed by atoms with Crippen molar-refractivity contribution >= 4 is 16.9 Å². The molecule has 0 unspecified atom stereocenters. The summed E-state index contributed by atoms with van der Waals surface area (Å²) >= 11 is 0. The highest BCUT2D eigenvalue weighted by molar-refractivity contribution is 5.99. The lowest BCUT2D eigenvalue weighted by Crippen LogP contribution is -1.88. The Morgan fingerprint density at radius 1 is 1.05 bits per heavy atom. The zero-order chi connectivity index (χ0) is 14.4. The quantitative estimate of drug-likeness (QED) is 0.512. The number of benzene rings is 2. The highest BCUT2D eigenvalue weighted by atomic mass is 16.6. The number of nitro groups is 1. The van der Waals surface area contributed by atoms with Crippen LogP contribution in [0.25, 0.3) is 22.1 Å². The van der Waals surface area contributed by atoms with Crippen molar-refractivity contribution in [3.05, 3.63) is 63.7 Å². The van der Waals surface area contributed by atoms with Crippen LogP contribution >= 0.6 is 0 Å². The van der Waals surface area contributed by atoms with Gasteiger partial charge < -0.3 is 4.42 Å². The summed E-state index contributed by atoms with van der Waals surface area (Å²) in [5, 5.41) is 12.2. The molecule has 1 aliphatic carbocycles. The van der Waals surface area contributed by atoms with Crippen molar-refractivity contribution in [1.29, 1.82) is 0 Å². The molecule has 1 aromatic heterocycles. The van der Waals surface area contributed by atoms with Crippen molar-refractivity contribution in [1.82, 2.24) is 0 Å². The number of nitrogens with zero attached hydrogens (tertiary/aromatic N) is 1. The van der Waals surface area contributed by atoms with E-state index in [0.29, 0.717) is 11.1 Å². The number of hydrogen-bond donors (Lipinski definition) is 0. The molecule has 1 heterocycles. The SMILES string of the molecule is O=[N+]([O-])c1oc2cc3c(cc2c1-c1ccccc1)CCC3. The van der Waals surface area contributed by atoms with Crippen LogP contribution in [0.3, 0.4) is 0 Å². The maximum Gasteiger partial charge on any atom is 0.442 e. The van der Waals surface area contributed by atoms with E-state index in [-0.39, 0.29) is 5.88 Å². The van der Waals surface area contributed by atoms with Crippen LogP contribution in [-0.4, -0.2) is 4.92 Å². The monoisotopic (exact) mass is 279 g/mol. The second-order valence-corrected chi connectivity index (χ2v) is 5.38. The normalized spacial score (nSPS) is 13.5. The standard InChI is InChI=1S/C17H13NO3/c19-18(20)17-16(11-5-2-1-3-6-11)14-9-12-7-4-8-13(12)10-15(14)21-17/h1-3,5-6,9-10H,4,7-8H2. The van der Waals surface area contributed by atoms with Crippen LogP contribution < -0.4 is 0 Å². The zero-order valence-electron chi connectivity index (χ0n) is 11.3. The highest BCUT2D eigenvalue weighted by Gasteiger charge is 2.26. The van der Waals surface area contributed by atoms with Gasteiger partial charge in [-0.2, -0.15) is 0 Å². The Balaban J connectivity index is 2.06. The summed E-state index contributed by atoms with van der Waals surface area (Å²) in [4.78, 5) is 10.9. The second kappa shape index (κ2) is 4.45. The van der Waals surface area contributed by atoms with Crippen LogP contribution in [0.15, 0.2) is 46.9 Å². The molecule has 2 aromatic carbocycles. The van der Waals surface area contributed by atoms with Gasteiger partial charge in [-0.05, 0) is 48.1 Å². The van der Waals surface area contributed by atoms with Crippen LogP contribution in [-0.2, 0) is 12.8 Å². The first-order valence-electron chi connectivity index (χ1n) is 7.02. The van der Waals surface area contributed by atoms with Gasteiger partial charge in [0.1, 0.15) is 16.1 Å². The second-order valence-electron chi connectivity index (χ2n) is 5.38. The van der Waals surface area contributed by atoms with Gasteiger partial charge >= 0.3 is 5.88 Å². The molecule has 0 amide bonds. The molecule has 0 spiro atoms. The third-order valence-electron chi connectivity index (χ3n) is 4.11. The van der Waals surface area contributed by atoms with E-state index in [1.165, 1.54) is 11.1 Å². The molecule has 4 rings (SSSR count). The molecular formula is C17H13NO3. The molecule has 0 atom stereocenters. The first kappa shape index (κ1) is 12.1. The van der Waals surface area contributed by atoms with Crippen molar-refractivity contribution in [2.24, 2.45) is 0 Å². The molecule has 0 fully saturated rings. The molecule has 0 saturated heterocycles. The summed E-state index contributed by atoms with van der Waals surface area (Å²) < 4.78 is 5.54. The molecule has 104 valence electrons. The number of furan rings is 1. The fourth-order valence-corrected chi connectivity index (χ4v) is 3.16. The molecule has 0 aliphatic heterocycles. The van der Waals surface area contributed by atoms with Gasteiger partial charge in [-0.15, -0.1) is 0 Å². The minimum Gasteiger partial charge on any atom is -0.400 e. The number of rotatable bonds is 2. The molecule has 0 radical (unpaired) electrons. The smallest absolute Gasteiger partial charge is 0.400 e. The largest absolute Gasteiger partial charge is 0.442 e. The van der Waals surface area contributed by atoms with Gasteiger partial charge in [-0.1, -0.05) is 30.3 Å². The molecule has 1 aliphatic rings. The van der Waals surface area contributed by atoms with E-state index in [1.54, 1.807) is 0 Å². The van der Waals surface area contributed by atoms with Crippen molar-refractivity contribution < 1.29 is 9.34 Å². The Kier molecular flexibility index (Phi) is 2.57. The fraction of sp³-hybridized carbons (Fsp3) is 0.176. The third-order valence-corrected chi connectivity index (χ3v) is 4.11. The van der Waals surface area contributed by atoms with Gasteiger partial charge in [0.05, 0.1) is 0 Å². The first-order valence-corrected chi connectivity index (χ1v) is 7.02. The predicted molar refractivity (Wildman–Crippen MR) is 80.3 cm³/mol. The van der Waals surface area contributed by atoms with Crippen LogP contribution in [0.5, 0.6) is 0 Å². The van der Waals surface area contributed by atoms with Crippen molar-refractivity contribution in [2.45, 2.75) is 19.3 Å². The third kappa shape index (κ3) is 1.83. The summed E-state index contributed by atoms with van der Waals surface area (Å²) in [6, 6.07) is 13.5. The summed E-state index contributed by atoms with van der Waals surface area (Å²) in [6.07, 6.45) is 3.21. The summed E-state index contributed by atoms with van der Waals surface area (Å²) in [5.74, 6) is -0.167. The van der Waals surface area contributed by atoms with Crippen molar-refractivity contribution in [2.75, 3.05) is 0 Å². The van der Waals surface area contributed by atoms with Gasteiger partial charge in [0.15, 0.2) is 0 Å². The van der Waals surface area contributed by atoms with E-state index >= 15 is 0 Å². The van der Waals surface area contributed by atoms with E-state index in [0.717, 1.165) is 30.2 Å². The molecular weight excluding hydrogens is 266 g/mol. The van der Waals surface area contributed by atoms with E-state index in [1.807, 2.05) is 36.4 Å². The molecule has 4 heteroatoms. The van der Waals surface area contributed by atoms with E-state index in [2.05, 4.69) is 6.07 Å². The molecule has 0 bridgehead atoms. The Morgan fingerprint density at radius 2 is 1.76 bits per heavy atom. The average molecular weight is 279 g/mol. The molecule has 4 nitrogen and oxygen atoms in total. The minimum atomic E-state index is -0.437.